The molecule has 86 valence electrons. The molecule has 1 aliphatic heterocycles. The van der Waals surface area contributed by atoms with Gasteiger partial charge in [0, 0.05) is 6.42 Å². The maximum absolute atomic E-state index is 11.2. The number of esters is 1. The van der Waals surface area contributed by atoms with E-state index in [2.05, 4.69) is 4.74 Å². The Balaban J connectivity index is 2.72. The molecular formula is C9H14O6. The maximum atomic E-state index is 11.2. The van der Waals surface area contributed by atoms with Gasteiger partial charge >= 0.3 is 5.97 Å². The third kappa shape index (κ3) is 2.53. The quantitative estimate of drug-likeness (QED) is 0.576. The molecule has 1 aliphatic rings. The number of aliphatic hydroxyl groups is 2. The molecule has 0 aromatic rings. The number of ketones is 1. The summed E-state index contributed by atoms with van der Waals surface area (Å²) in [5, 5.41) is 18.8. The molecule has 0 saturated carbocycles. The largest absolute Gasteiger partial charge is 0.464 e. The van der Waals surface area contributed by atoms with Crippen molar-refractivity contribution < 1.29 is 29.3 Å². The molecule has 1 rings (SSSR count). The molecule has 2 N–H and O–H groups in total. The Bertz CT molecular complexity index is 272. The minimum absolute atomic E-state index is 0.164. The third-order valence-electron chi connectivity index (χ3n) is 2.13. The van der Waals surface area contributed by atoms with Crippen LogP contribution in [0.1, 0.15) is 20.3 Å². The number of hydrogen-bond donors (Lipinski definition) is 2. The van der Waals surface area contributed by atoms with Crippen molar-refractivity contribution in [1.82, 2.24) is 0 Å². The molecule has 0 aromatic carbocycles. The van der Waals surface area contributed by atoms with Gasteiger partial charge < -0.3 is 19.7 Å². The summed E-state index contributed by atoms with van der Waals surface area (Å²) in [4.78, 5) is 22.5. The molecule has 0 amide bonds. The smallest absolute Gasteiger partial charge is 0.335 e. The number of Topliss-reactive ketones (excluding diaryl/α,β-unsaturated/α-hetero) is 1. The number of ether oxygens (including phenoxy) is 2. The Labute approximate surface area is 86.8 Å². The average molecular weight is 218 g/mol. The van der Waals surface area contributed by atoms with Crippen LogP contribution in [-0.2, 0) is 19.1 Å². The van der Waals surface area contributed by atoms with Crippen LogP contribution >= 0.6 is 0 Å². The van der Waals surface area contributed by atoms with Crippen LogP contribution in [-0.4, -0.2) is 46.6 Å². The SMILES string of the molecule is CCOC(=O)C1CC(=O)C(O)C(C)(O)O1. The third-order valence-corrected chi connectivity index (χ3v) is 2.13. The molecule has 1 fully saturated rings. The zero-order valence-corrected chi connectivity index (χ0v) is 8.60. The molecule has 15 heavy (non-hydrogen) atoms. The Hall–Kier alpha value is -0.980. The molecular weight excluding hydrogens is 204 g/mol. The van der Waals surface area contributed by atoms with Crippen LogP contribution in [0.4, 0.5) is 0 Å². The second-order valence-corrected chi connectivity index (χ2v) is 3.49. The van der Waals surface area contributed by atoms with Gasteiger partial charge in [0.2, 0.25) is 0 Å². The standard InChI is InChI=1S/C9H14O6/c1-3-14-8(12)6-4-5(10)7(11)9(2,13)15-6/h6-7,11,13H,3-4H2,1-2H3. The first-order valence-electron chi connectivity index (χ1n) is 4.66. The van der Waals surface area contributed by atoms with E-state index in [1.54, 1.807) is 6.92 Å². The van der Waals surface area contributed by atoms with Gasteiger partial charge in [0.25, 0.3) is 0 Å². The summed E-state index contributed by atoms with van der Waals surface area (Å²) in [6.07, 6.45) is -3.05. The second kappa shape index (κ2) is 4.26. The Morgan fingerprint density at radius 3 is 2.80 bits per heavy atom. The summed E-state index contributed by atoms with van der Waals surface area (Å²) >= 11 is 0. The van der Waals surface area contributed by atoms with Crippen LogP contribution in [0.3, 0.4) is 0 Å². The van der Waals surface area contributed by atoms with Gasteiger partial charge in [-0.25, -0.2) is 4.79 Å². The molecule has 0 aliphatic carbocycles. The van der Waals surface area contributed by atoms with Gasteiger partial charge in [0.15, 0.2) is 23.8 Å². The van der Waals surface area contributed by atoms with E-state index < -0.39 is 29.7 Å². The fraction of sp³-hybridized carbons (Fsp3) is 0.778. The van der Waals surface area contributed by atoms with Gasteiger partial charge in [0.05, 0.1) is 6.61 Å². The van der Waals surface area contributed by atoms with E-state index in [9.17, 15) is 19.8 Å². The fourth-order valence-electron chi connectivity index (χ4n) is 1.35. The van der Waals surface area contributed by atoms with Gasteiger partial charge in [-0.2, -0.15) is 0 Å². The topological polar surface area (TPSA) is 93.1 Å². The van der Waals surface area contributed by atoms with Crippen LogP contribution in [0.5, 0.6) is 0 Å². The van der Waals surface area contributed by atoms with Crippen molar-refractivity contribution >= 4 is 11.8 Å². The highest BCUT2D eigenvalue weighted by Gasteiger charge is 2.47. The molecule has 3 unspecified atom stereocenters. The Morgan fingerprint density at radius 2 is 2.33 bits per heavy atom. The first-order valence-corrected chi connectivity index (χ1v) is 4.66. The lowest BCUT2D eigenvalue weighted by atomic mass is 9.98. The highest BCUT2D eigenvalue weighted by atomic mass is 16.7. The van der Waals surface area contributed by atoms with E-state index in [0.29, 0.717) is 0 Å². The summed E-state index contributed by atoms with van der Waals surface area (Å²) in [6.45, 7) is 2.91. The molecule has 0 spiro atoms. The molecule has 6 heteroatoms. The minimum Gasteiger partial charge on any atom is -0.464 e. The van der Waals surface area contributed by atoms with Crippen molar-refractivity contribution in [1.29, 1.82) is 0 Å². The molecule has 0 radical (unpaired) electrons. The first kappa shape index (κ1) is 12.1. The van der Waals surface area contributed by atoms with E-state index in [-0.39, 0.29) is 13.0 Å². The van der Waals surface area contributed by atoms with Crippen LogP contribution in [0.2, 0.25) is 0 Å². The normalized spacial score (nSPS) is 36.4. The van der Waals surface area contributed by atoms with E-state index in [1.807, 2.05) is 0 Å². The summed E-state index contributed by atoms with van der Waals surface area (Å²) < 4.78 is 9.53. The van der Waals surface area contributed by atoms with Crippen LogP contribution in [0.25, 0.3) is 0 Å². The number of carbonyl (C=O) groups is 2. The summed E-state index contributed by atoms with van der Waals surface area (Å²) in [7, 11) is 0. The highest BCUT2D eigenvalue weighted by Crippen LogP contribution is 2.24. The van der Waals surface area contributed by atoms with Gasteiger partial charge in [-0.05, 0) is 13.8 Å². The molecule has 3 atom stereocenters. The number of carbonyl (C=O) groups excluding carboxylic acids is 2. The molecule has 1 saturated heterocycles. The minimum atomic E-state index is -2.03. The Morgan fingerprint density at radius 1 is 1.73 bits per heavy atom. The van der Waals surface area contributed by atoms with Gasteiger partial charge in [-0.1, -0.05) is 0 Å². The summed E-state index contributed by atoms with van der Waals surface area (Å²) in [5.74, 6) is -3.38. The summed E-state index contributed by atoms with van der Waals surface area (Å²) in [6, 6.07) is 0. The van der Waals surface area contributed by atoms with E-state index >= 15 is 0 Å². The number of aliphatic hydroxyl groups excluding tert-OH is 1. The lowest BCUT2D eigenvalue weighted by Gasteiger charge is -2.35. The molecule has 0 aromatic heterocycles. The van der Waals surface area contributed by atoms with Crippen molar-refractivity contribution in [2.45, 2.75) is 38.3 Å². The van der Waals surface area contributed by atoms with Crippen molar-refractivity contribution in [3.05, 3.63) is 0 Å². The van der Waals surface area contributed by atoms with Crippen LogP contribution < -0.4 is 0 Å². The van der Waals surface area contributed by atoms with E-state index in [0.717, 1.165) is 6.92 Å². The maximum Gasteiger partial charge on any atom is 0.335 e. The monoisotopic (exact) mass is 218 g/mol. The average Bonchev–Trinajstić information content (AvgIpc) is 2.13. The predicted octanol–water partition coefficient (Wildman–Crippen LogP) is -1.02. The fourth-order valence-corrected chi connectivity index (χ4v) is 1.35. The van der Waals surface area contributed by atoms with E-state index in [1.165, 1.54) is 0 Å². The zero-order valence-electron chi connectivity index (χ0n) is 8.60. The summed E-state index contributed by atoms with van der Waals surface area (Å²) in [5.41, 5.74) is 0. The molecule has 6 nitrogen and oxygen atoms in total. The lowest BCUT2D eigenvalue weighted by molar-refractivity contribution is -0.275. The molecule has 0 bridgehead atoms. The number of rotatable bonds is 2. The lowest BCUT2D eigenvalue weighted by Crippen LogP contribution is -2.56. The Kier molecular flexibility index (Phi) is 3.43. The van der Waals surface area contributed by atoms with Crippen molar-refractivity contribution in [3.63, 3.8) is 0 Å². The van der Waals surface area contributed by atoms with Crippen LogP contribution in [0.15, 0.2) is 0 Å². The van der Waals surface area contributed by atoms with Crippen molar-refractivity contribution in [2.24, 2.45) is 0 Å². The van der Waals surface area contributed by atoms with E-state index in [4.69, 9.17) is 4.74 Å². The van der Waals surface area contributed by atoms with Crippen LogP contribution in [0, 0.1) is 0 Å². The van der Waals surface area contributed by atoms with Gasteiger partial charge in [-0.3, -0.25) is 4.79 Å². The van der Waals surface area contributed by atoms with Gasteiger partial charge in [-0.15, -0.1) is 0 Å². The second-order valence-electron chi connectivity index (χ2n) is 3.49. The predicted molar refractivity (Wildman–Crippen MR) is 47.8 cm³/mol. The van der Waals surface area contributed by atoms with Gasteiger partial charge in [0.1, 0.15) is 0 Å². The van der Waals surface area contributed by atoms with Crippen molar-refractivity contribution in [3.8, 4) is 0 Å². The number of hydrogen-bond acceptors (Lipinski definition) is 6. The van der Waals surface area contributed by atoms with Crippen molar-refractivity contribution in [2.75, 3.05) is 6.61 Å². The first-order chi connectivity index (χ1) is 6.88. The zero-order chi connectivity index (χ0) is 11.6. The highest BCUT2D eigenvalue weighted by molar-refractivity contribution is 5.90. The molecule has 1 heterocycles.